The fraction of sp³-hybridized carbons (Fsp3) is 0.455. The summed E-state index contributed by atoms with van der Waals surface area (Å²) in [5, 5.41) is 11.7. The SMILES string of the molecule is CNc1cn2ccnc2c(N(CCO)CC(F)(F)F)n1. The van der Waals surface area contributed by atoms with Crippen LogP contribution in [0.3, 0.4) is 0 Å². The highest BCUT2D eigenvalue weighted by Crippen LogP contribution is 2.24. The summed E-state index contributed by atoms with van der Waals surface area (Å²) in [7, 11) is 1.62. The van der Waals surface area contributed by atoms with Crippen LogP contribution in [0.1, 0.15) is 0 Å². The van der Waals surface area contributed by atoms with Gasteiger partial charge in [0, 0.05) is 26.0 Å². The molecule has 2 heterocycles. The number of nitrogens with zero attached hydrogens (tertiary/aromatic N) is 4. The van der Waals surface area contributed by atoms with Gasteiger partial charge in [-0.05, 0) is 0 Å². The van der Waals surface area contributed by atoms with Crippen molar-refractivity contribution >= 4 is 17.3 Å². The van der Waals surface area contributed by atoms with Crippen molar-refractivity contribution in [1.82, 2.24) is 14.4 Å². The molecule has 0 aliphatic carbocycles. The van der Waals surface area contributed by atoms with E-state index < -0.39 is 19.3 Å². The summed E-state index contributed by atoms with van der Waals surface area (Å²) >= 11 is 0. The van der Waals surface area contributed by atoms with Gasteiger partial charge in [0.1, 0.15) is 12.4 Å². The normalized spacial score (nSPS) is 11.8. The van der Waals surface area contributed by atoms with Crippen LogP contribution in [0.5, 0.6) is 0 Å². The maximum Gasteiger partial charge on any atom is 0.405 e. The van der Waals surface area contributed by atoms with Gasteiger partial charge in [0.25, 0.3) is 0 Å². The predicted molar refractivity (Wildman–Crippen MR) is 67.9 cm³/mol. The second-order valence-corrected chi connectivity index (χ2v) is 4.12. The molecule has 0 saturated carbocycles. The van der Waals surface area contributed by atoms with E-state index in [-0.39, 0.29) is 12.4 Å². The molecule has 6 nitrogen and oxygen atoms in total. The van der Waals surface area contributed by atoms with Gasteiger partial charge in [-0.3, -0.25) is 0 Å². The summed E-state index contributed by atoms with van der Waals surface area (Å²) in [6, 6.07) is 0. The van der Waals surface area contributed by atoms with Gasteiger partial charge in [0.2, 0.25) is 0 Å². The van der Waals surface area contributed by atoms with E-state index in [2.05, 4.69) is 15.3 Å². The van der Waals surface area contributed by atoms with Crippen LogP contribution in [0.2, 0.25) is 0 Å². The lowest BCUT2D eigenvalue weighted by atomic mass is 10.4. The first-order valence-electron chi connectivity index (χ1n) is 5.88. The van der Waals surface area contributed by atoms with Crippen LogP contribution < -0.4 is 10.2 Å². The topological polar surface area (TPSA) is 65.7 Å². The summed E-state index contributed by atoms with van der Waals surface area (Å²) in [6.45, 7) is -1.78. The molecule has 0 saturated heterocycles. The Labute approximate surface area is 112 Å². The van der Waals surface area contributed by atoms with Crippen molar-refractivity contribution in [2.24, 2.45) is 0 Å². The van der Waals surface area contributed by atoms with E-state index >= 15 is 0 Å². The zero-order valence-electron chi connectivity index (χ0n) is 10.7. The van der Waals surface area contributed by atoms with E-state index in [1.807, 2.05) is 0 Å². The molecule has 0 radical (unpaired) electrons. The van der Waals surface area contributed by atoms with Gasteiger partial charge in [0.15, 0.2) is 11.5 Å². The molecule has 0 atom stereocenters. The van der Waals surface area contributed by atoms with E-state index in [9.17, 15) is 13.2 Å². The second-order valence-electron chi connectivity index (χ2n) is 4.12. The average Bonchev–Trinajstić information content (AvgIpc) is 2.83. The molecule has 2 aromatic heterocycles. The molecule has 0 spiro atoms. The zero-order valence-corrected chi connectivity index (χ0v) is 10.7. The number of rotatable bonds is 5. The van der Waals surface area contributed by atoms with Crippen molar-refractivity contribution in [3.63, 3.8) is 0 Å². The van der Waals surface area contributed by atoms with Crippen LogP contribution in [0.15, 0.2) is 18.6 Å². The molecule has 2 aromatic rings. The molecular weight excluding hydrogens is 275 g/mol. The van der Waals surface area contributed by atoms with E-state index in [4.69, 9.17) is 5.11 Å². The lowest BCUT2D eigenvalue weighted by molar-refractivity contribution is -0.119. The van der Waals surface area contributed by atoms with Crippen molar-refractivity contribution in [2.45, 2.75) is 6.18 Å². The zero-order chi connectivity index (χ0) is 14.8. The number of hydrogen-bond donors (Lipinski definition) is 2. The smallest absolute Gasteiger partial charge is 0.395 e. The monoisotopic (exact) mass is 289 g/mol. The van der Waals surface area contributed by atoms with Gasteiger partial charge in [-0.2, -0.15) is 13.2 Å². The lowest BCUT2D eigenvalue weighted by Gasteiger charge is -2.24. The Hall–Kier alpha value is -2.03. The Kier molecular flexibility index (Phi) is 3.98. The number of aliphatic hydroxyl groups excluding tert-OH is 1. The molecular formula is C11H14F3N5O. The Morgan fingerprint density at radius 1 is 1.45 bits per heavy atom. The molecule has 2 rings (SSSR count). The lowest BCUT2D eigenvalue weighted by Crippen LogP contribution is -2.37. The molecule has 0 aromatic carbocycles. The highest BCUT2D eigenvalue weighted by Gasteiger charge is 2.32. The quantitative estimate of drug-likeness (QED) is 0.864. The number of aromatic nitrogens is 3. The Bertz CT molecular complexity index is 583. The number of aliphatic hydroxyl groups is 1. The first kappa shape index (κ1) is 14.4. The molecule has 0 fully saturated rings. The maximum absolute atomic E-state index is 12.6. The third-order valence-corrected chi connectivity index (χ3v) is 2.65. The fourth-order valence-corrected chi connectivity index (χ4v) is 1.84. The molecule has 2 N–H and O–H groups in total. The first-order valence-corrected chi connectivity index (χ1v) is 5.88. The standard InChI is InChI=1S/C11H14F3N5O/c1-15-8-6-18-3-2-16-9(18)10(17-8)19(4-5-20)7-11(12,13)14/h2-3,6,15,20H,4-5,7H2,1H3. The average molecular weight is 289 g/mol. The Balaban J connectivity index is 2.48. The highest BCUT2D eigenvalue weighted by molar-refractivity contribution is 5.66. The number of imidazole rings is 1. The van der Waals surface area contributed by atoms with Crippen molar-refractivity contribution in [3.05, 3.63) is 18.6 Å². The van der Waals surface area contributed by atoms with E-state index in [0.717, 1.165) is 4.90 Å². The number of anilines is 2. The second kappa shape index (κ2) is 5.53. The third kappa shape index (κ3) is 3.10. The van der Waals surface area contributed by atoms with Crippen molar-refractivity contribution in [2.75, 3.05) is 37.0 Å². The van der Waals surface area contributed by atoms with Crippen molar-refractivity contribution in [3.8, 4) is 0 Å². The third-order valence-electron chi connectivity index (χ3n) is 2.65. The molecule has 20 heavy (non-hydrogen) atoms. The Morgan fingerprint density at radius 3 is 2.80 bits per heavy atom. The predicted octanol–water partition coefficient (Wildman–Crippen LogP) is 1.13. The van der Waals surface area contributed by atoms with E-state index in [1.54, 1.807) is 23.8 Å². The highest BCUT2D eigenvalue weighted by atomic mass is 19.4. The van der Waals surface area contributed by atoms with Gasteiger partial charge in [-0.1, -0.05) is 0 Å². The minimum Gasteiger partial charge on any atom is -0.395 e. The summed E-state index contributed by atoms with van der Waals surface area (Å²) in [5.74, 6) is 0.490. The van der Waals surface area contributed by atoms with Crippen LogP contribution in [-0.4, -0.2) is 52.4 Å². The fourth-order valence-electron chi connectivity index (χ4n) is 1.84. The first-order chi connectivity index (χ1) is 9.44. The molecule has 9 heteroatoms. The largest absolute Gasteiger partial charge is 0.405 e. The summed E-state index contributed by atoms with van der Waals surface area (Å²) in [6.07, 6.45) is 0.323. The number of hydrogen-bond acceptors (Lipinski definition) is 5. The number of fused-ring (bicyclic) bond motifs is 1. The number of nitrogens with one attached hydrogen (secondary N) is 1. The molecule has 0 amide bonds. The van der Waals surface area contributed by atoms with Crippen molar-refractivity contribution in [1.29, 1.82) is 0 Å². The van der Waals surface area contributed by atoms with E-state index in [1.165, 1.54) is 6.20 Å². The van der Waals surface area contributed by atoms with Gasteiger partial charge in [-0.25, -0.2) is 9.97 Å². The number of halogens is 3. The van der Waals surface area contributed by atoms with Crippen LogP contribution in [0, 0.1) is 0 Å². The molecule has 110 valence electrons. The minimum atomic E-state index is -4.39. The van der Waals surface area contributed by atoms with Crippen molar-refractivity contribution < 1.29 is 18.3 Å². The van der Waals surface area contributed by atoms with Gasteiger partial charge < -0.3 is 19.7 Å². The summed E-state index contributed by atoms with van der Waals surface area (Å²) < 4.78 is 39.5. The molecule has 0 aliphatic rings. The van der Waals surface area contributed by atoms with Gasteiger partial charge >= 0.3 is 6.18 Å². The van der Waals surface area contributed by atoms with Crippen LogP contribution in [0.25, 0.3) is 5.65 Å². The molecule has 0 bridgehead atoms. The maximum atomic E-state index is 12.6. The summed E-state index contributed by atoms with van der Waals surface area (Å²) in [5.41, 5.74) is 0.307. The minimum absolute atomic E-state index is 0.0771. The molecule has 0 aliphatic heterocycles. The van der Waals surface area contributed by atoms with Gasteiger partial charge in [0.05, 0.1) is 12.8 Å². The van der Waals surface area contributed by atoms with Crippen LogP contribution >= 0.6 is 0 Å². The van der Waals surface area contributed by atoms with Crippen LogP contribution in [-0.2, 0) is 0 Å². The summed E-state index contributed by atoms with van der Waals surface area (Å²) in [4.78, 5) is 9.09. The van der Waals surface area contributed by atoms with Crippen LogP contribution in [0.4, 0.5) is 24.8 Å². The molecule has 0 unspecified atom stereocenters. The van der Waals surface area contributed by atoms with E-state index in [0.29, 0.717) is 11.5 Å². The Morgan fingerprint density at radius 2 is 2.20 bits per heavy atom. The van der Waals surface area contributed by atoms with Gasteiger partial charge in [-0.15, -0.1) is 0 Å². The number of alkyl halides is 3.